The Bertz CT molecular complexity index is 510. The molecule has 1 rings (SSSR count). The lowest BCUT2D eigenvalue weighted by molar-refractivity contribution is 0.276. The summed E-state index contributed by atoms with van der Waals surface area (Å²) in [5.74, 6) is -0.821. The summed E-state index contributed by atoms with van der Waals surface area (Å²) < 4.78 is 40.2. The number of hydrogen-bond acceptors (Lipinski definition) is 3. The third kappa shape index (κ3) is 3.81. The maximum absolute atomic E-state index is 13.5. The largest absolute Gasteiger partial charge is 0.396 e. The Morgan fingerprint density at radius 3 is 2.78 bits per heavy atom. The third-order valence-corrected chi connectivity index (χ3v) is 4.00. The van der Waals surface area contributed by atoms with Crippen LogP contribution in [0.4, 0.5) is 10.1 Å². The summed E-state index contributed by atoms with van der Waals surface area (Å²) in [6, 6.07) is 4.04. The monoisotopic (exact) mass is 296 g/mol. The van der Waals surface area contributed by atoms with E-state index in [1.54, 1.807) is 0 Å². The van der Waals surface area contributed by atoms with Gasteiger partial charge in [-0.05, 0) is 18.6 Å². The first-order valence-electron chi connectivity index (χ1n) is 5.17. The maximum atomic E-state index is 13.5. The zero-order valence-electron chi connectivity index (χ0n) is 9.73. The number of aliphatic hydroxyl groups is 1. The van der Waals surface area contributed by atoms with Crippen LogP contribution in [0, 0.1) is 5.82 Å². The maximum Gasteiger partial charge on any atom is 0.301 e. The first-order chi connectivity index (χ1) is 8.38. The number of anilines is 1. The summed E-state index contributed by atoms with van der Waals surface area (Å²) >= 11 is 5.55. The van der Waals surface area contributed by atoms with Gasteiger partial charge in [0.15, 0.2) is 5.82 Å². The van der Waals surface area contributed by atoms with Gasteiger partial charge in [-0.2, -0.15) is 12.7 Å². The second-order valence-corrected chi connectivity index (χ2v) is 5.79. The average Bonchev–Trinajstić information content (AvgIpc) is 2.31. The molecule has 0 spiro atoms. The van der Waals surface area contributed by atoms with Crippen LogP contribution in [0.2, 0.25) is 5.02 Å². The highest BCUT2D eigenvalue weighted by molar-refractivity contribution is 7.90. The Morgan fingerprint density at radius 1 is 1.50 bits per heavy atom. The second kappa shape index (κ2) is 6.33. The van der Waals surface area contributed by atoms with E-state index in [9.17, 15) is 12.8 Å². The van der Waals surface area contributed by atoms with Gasteiger partial charge in [-0.15, -0.1) is 0 Å². The second-order valence-electron chi connectivity index (χ2n) is 3.61. The van der Waals surface area contributed by atoms with Gasteiger partial charge >= 0.3 is 10.2 Å². The van der Waals surface area contributed by atoms with E-state index >= 15 is 0 Å². The van der Waals surface area contributed by atoms with Gasteiger partial charge in [-0.1, -0.05) is 17.7 Å². The van der Waals surface area contributed by atoms with E-state index in [1.807, 2.05) is 0 Å². The van der Waals surface area contributed by atoms with Gasteiger partial charge in [0, 0.05) is 20.2 Å². The van der Waals surface area contributed by atoms with Crippen LogP contribution in [0.5, 0.6) is 0 Å². The molecule has 0 saturated carbocycles. The molecule has 8 heteroatoms. The van der Waals surface area contributed by atoms with E-state index in [1.165, 1.54) is 25.2 Å². The number of aliphatic hydroxyl groups excluding tert-OH is 1. The molecule has 0 radical (unpaired) electrons. The molecular formula is C10H14ClFN2O3S. The number of hydrogen-bond donors (Lipinski definition) is 2. The lowest BCUT2D eigenvalue weighted by atomic mass is 10.3. The molecule has 0 fully saturated rings. The molecule has 0 aliphatic rings. The fraction of sp³-hybridized carbons (Fsp3) is 0.400. The summed E-state index contributed by atoms with van der Waals surface area (Å²) in [6.07, 6.45) is 0.301. The molecule has 0 heterocycles. The minimum Gasteiger partial charge on any atom is -0.396 e. The Hall–Kier alpha value is -0.890. The molecule has 1 aromatic carbocycles. The molecule has 1 aromatic rings. The van der Waals surface area contributed by atoms with Crippen molar-refractivity contribution in [2.24, 2.45) is 0 Å². The van der Waals surface area contributed by atoms with Crippen molar-refractivity contribution in [2.75, 3.05) is 24.9 Å². The van der Waals surface area contributed by atoms with Gasteiger partial charge in [0.05, 0.1) is 10.7 Å². The molecular weight excluding hydrogens is 283 g/mol. The Balaban J connectivity index is 2.85. The van der Waals surface area contributed by atoms with Crippen molar-refractivity contribution in [3.05, 3.63) is 29.0 Å². The van der Waals surface area contributed by atoms with Crippen molar-refractivity contribution in [2.45, 2.75) is 6.42 Å². The third-order valence-electron chi connectivity index (χ3n) is 2.23. The van der Waals surface area contributed by atoms with Crippen LogP contribution in [-0.2, 0) is 10.2 Å². The summed E-state index contributed by atoms with van der Waals surface area (Å²) in [5.41, 5.74) is -0.210. The number of rotatable bonds is 6. The summed E-state index contributed by atoms with van der Waals surface area (Å²) in [7, 11) is -2.52. The standard InChI is InChI=1S/C10H14ClFN2O3S/c1-14(6-3-7-15)18(16,17)13-9-5-2-4-8(11)10(9)12/h2,4-5,13,15H,3,6-7H2,1H3. The normalized spacial score (nSPS) is 11.8. The van der Waals surface area contributed by atoms with Crippen molar-refractivity contribution in [3.8, 4) is 0 Å². The molecule has 0 bridgehead atoms. The molecule has 2 N–H and O–H groups in total. The van der Waals surface area contributed by atoms with Gasteiger partial charge in [0.2, 0.25) is 0 Å². The van der Waals surface area contributed by atoms with Crippen LogP contribution < -0.4 is 4.72 Å². The summed E-state index contributed by atoms with van der Waals surface area (Å²) in [6.45, 7) is 0.0133. The van der Waals surface area contributed by atoms with Crippen molar-refractivity contribution in [1.29, 1.82) is 0 Å². The minimum atomic E-state index is -3.85. The minimum absolute atomic E-state index is 0.120. The predicted octanol–water partition coefficient (Wildman–Crippen LogP) is 1.45. The molecule has 18 heavy (non-hydrogen) atoms. The van der Waals surface area contributed by atoms with E-state index in [2.05, 4.69) is 4.72 Å². The molecule has 0 aliphatic heterocycles. The highest BCUT2D eigenvalue weighted by atomic mass is 35.5. The van der Waals surface area contributed by atoms with Gasteiger partial charge in [0.25, 0.3) is 0 Å². The highest BCUT2D eigenvalue weighted by Gasteiger charge is 2.19. The van der Waals surface area contributed by atoms with Gasteiger partial charge in [-0.3, -0.25) is 4.72 Å². The predicted molar refractivity (Wildman–Crippen MR) is 68.3 cm³/mol. The fourth-order valence-electron chi connectivity index (χ4n) is 1.21. The van der Waals surface area contributed by atoms with Crippen LogP contribution in [0.3, 0.4) is 0 Å². The van der Waals surface area contributed by atoms with Crippen molar-refractivity contribution in [3.63, 3.8) is 0 Å². The summed E-state index contributed by atoms with van der Waals surface area (Å²) in [5, 5.41) is 8.47. The quantitative estimate of drug-likeness (QED) is 0.835. The molecule has 0 amide bonds. The van der Waals surface area contributed by atoms with E-state index in [0.29, 0.717) is 6.42 Å². The average molecular weight is 297 g/mol. The fourth-order valence-corrected chi connectivity index (χ4v) is 2.35. The van der Waals surface area contributed by atoms with E-state index < -0.39 is 16.0 Å². The molecule has 0 unspecified atom stereocenters. The number of nitrogens with zero attached hydrogens (tertiary/aromatic N) is 1. The SMILES string of the molecule is CN(CCCO)S(=O)(=O)Nc1cccc(Cl)c1F. The topological polar surface area (TPSA) is 69.6 Å². The van der Waals surface area contributed by atoms with Crippen molar-refractivity contribution < 1.29 is 17.9 Å². The smallest absolute Gasteiger partial charge is 0.301 e. The number of halogens is 2. The van der Waals surface area contributed by atoms with Crippen LogP contribution in [0.25, 0.3) is 0 Å². The van der Waals surface area contributed by atoms with E-state index in [-0.39, 0.29) is 23.9 Å². The first-order valence-corrected chi connectivity index (χ1v) is 6.99. The van der Waals surface area contributed by atoms with Gasteiger partial charge in [-0.25, -0.2) is 4.39 Å². The van der Waals surface area contributed by atoms with Gasteiger partial charge < -0.3 is 5.11 Å². The Labute approximate surface area is 110 Å². The molecule has 0 atom stereocenters. The Kier molecular flexibility index (Phi) is 5.33. The summed E-state index contributed by atoms with van der Waals surface area (Å²) in [4.78, 5) is 0. The molecule has 0 aromatic heterocycles. The first kappa shape index (κ1) is 15.2. The lowest BCUT2D eigenvalue weighted by Gasteiger charge is -2.18. The lowest BCUT2D eigenvalue weighted by Crippen LogP contribution is -2.33. The number of benzene rings is 1. The Morgan fingerprint density at radius 2 is 2.17 bits per heavy atom. The molecule has 0 saturated heterocycles. The zero-order chi connectivity index (χ0) is 13.8. The zero-order valence-corrected chi connectivity index (χ0v) is 11.3. The van der Waals surface area contributed by atoms with Crippen LogP contribution in [0.1, 0.15) is 6.42 Å². The van der Waals surface area contributed by atoms with E-state index in [4.69, 9.17) is 16.7 Å². The van der Waals surface area contributed by atoms with Gasteiger partial charge in [0.1, 0.15) is 0 Å². The molecule has 0 aliphatic carbocycles. The van der Waals surface area contributed by atoms with Crippen LogP contribution in [-0.4, -0.2) is 38.0 Å². The molecule has 5 nitrogen and oxygen atoms in total. The van der Waals surface area contributed by atoms with Crippen molar-refractivity contribution >= 4 is 27.5 Å². The van der Waals surface area contributed by atoms with E-state index in [0.717, 1.165) is 4.31 Å². The van der Waals surface area contributed by atoms with Crippen molar-refractivity contribution in [1.82, 2.24) is 4.31 Å². The van der Waals surface area contributed by atoms with Crippen LogP contribution in [0.15, 0.2) is 18.2 Å². The number of nitrogens with one attached hydrogen (secondary N) is 1. The van der Waals surface area contributed by atoms with Crippen LogP contribution >= 0.6 is 11.6 Å². The highest BCUT2D eigenvalue weighted by Crippen LogP contribution is 2.23. The molecule has 102 valence electrons.